The summed E-state index contributed by atoms with van der Waals surface area (Å²) in [6.45, 7) is 0. The fourth-order valence-corrected chi connectivity index (χ4v) is 2.96. The molecule has 19 heavy (non-hydrogen) atoms. The average molecular weight is 255 g/mol. The molecule has 1 aliphatic rings. The number of nitrogens with one attached hydrogen (secondary N) is 1. The minimum Gasteiger partial charge on any atom is -0.477 e. The SMILES string of the molecule is O=C(O)c1cc2c([nH]1)CCC2CCc1ccccc1. The monoisotopic (exact) mass is 255 g/mol. The normalized spacial score (nSPS) is 17.4. The van der Waals surface area contributed by atoms with Crippen molar-refractivity contribution in [3.05, 3.63) is 58.9 Å². The second-order valence-corrected chi connectivity index (χ2v) is 5.18. The van der Waals surface area contributed by atoms with Crippen LogP contribution < -0.4 is 0 Å². The summed E-state index contributed by atoms with van der Waals surface area (Å²) >= 11 is 0. The van der Waals surface area contributed by atoms with E-state index in [0.29, 0.717) is 11.6 Å². The van der Waals surface area contributed by atoms with Crippen molar-refractivity contribution in [2.45, 2.75) is 31.6 Å². The first kappa shape index (κ1) is 12.0. The van der Waals surface area contributed by atoms with E-state index in [1.54, 1.807) is 0 Å². The Kier molecular flexibility index (Phi) is 3.11. The molecule has 0 radical (unpaired) electrons. The van der Waals surface area contributed by atoms with E-state index >= 15 is 0 Å². The van der Waals surface area contributed by atoms with Crippen LogP contribution in [0.25, 0.3) is 0 Å². The Morgan fingerprint density at radius 1 is 1.32 bits per heavy atom. The van der Waals surface area contributed by atoms with Crippen molar-refractivity contribution < 1.29 is 9.90 Å². The quantitative estimate of drug-likeness (QED) is 0.880. The molecule has 1 aromatic carbocycles. The summed E-state index contributed by atoms with van der Waals surface area (Å²) < 4.78 is 0. The van der Waals surface area contributed by atoms with Gasteiger partial charge in [0.15, 0.2) is 0 Å². The molecule has 0 saturated heterocycles. The molecule has 3 rings (SSSR count). The van der Waals surface area contributed by atoms with Gasteiger partial charge < -0.3 is 10.1 Å². The van der Waals surface area contributed by atoms with Crippen LogP contribution in [0.4, 0.5) is 0 Å². The number of benzene rings is 1. The van der Waals surface area contributed by atoms with Gasteiger partial charge in [0, 0.05) is 5.69 Å². The van der Waals surface area contributed by atoms with Gasteiger partial charge in [0.05, 0.1) is 0 Å². The highest BCUT2D eigenvalue weighted by molar-refractivity contribution is 5.86. The Bertz CT molecular complexity index is 586. The Morgan fingerprint density at radius 2 is 2.11 bits per heavy atom. The highest BCUT2D eigenvalue weighted by Crippen LogP contribution is 2.36. The summed E-state index contributed by atoms with van der Waals surface area (Å²) in [6.07, 6.45) is 4.25. The summed E-state index contributed by atoms with van der Waals surface area (Å²) in [5.41, 5.74) is 4.02. The third-order valence-electron chi connectivity index (χ3n) is 3.97. The van der Waals surface area contributed by atoms with Crippen LogP contribution in [-0.4, -0.2) is 16.1 Å². The lowest BCUT2D eigenvalue weighted by atomic mass is 9.95. The van der Waals surface area contributed by atoms with Gasteiger partial charge in [-0.1, -0.05) is 30.3 Å². The molecule has 1 unspecified atom stereocenters. The number of carbonyl (C=O) groups is 1. The van der Waals surface area contributed by atoms with Gasteiger partial charge in [-0.25, -0.2) is 4.79 Å². The smallest absolute Gasteiger partial charge is 0.352 e. The number of hydrogen-bond acceptors (Lipinski definition) is 1. The largest absolute Gasteiger partial charge is 0.477 e. The average Bonchev–Trinajstić information content (AvgIpc) is 2.98. The molecule has 0 bridgehead atoms. The fraction of sp³-hybridized carbons (Fsp3) is 0.312. The number of H-pyrrole nitrogens is 1. The van der Waals surface area contributed by atoms with Gasteiger partial charge in [-0.3, -0.25) is 0 Å². The number of rotatable bonds is 4. The highest BCUT2D eigenvalue weighted by atomic mass is 16.4. The Labute approximate surface area is 112 Å². The first-order chi connectivity index (χ1) is 9.24. The molecule has 0 amide bonds. The van der Waals surface area contributed by atoms with Crippen molar-refractivity contribution in [1.29, 1.82) is 0 Å². The van der Waals surface area contributed by atoms with Crippen LogP contribution >= 0.6 is 0 Å². The molecule has 1 atom stereocenters. The van der Waals surface area contributed by atoms with Crippen LogP contribution in [0.15, 0.2) is 36.4 Å². The van der Waals surface area contributed by atoms with E-state index in [-0.39, 0.29) is 0 Å². The van der Waals surface area contributed by atoms with E-state index in [2.05, 4.69) is 29.2 Å². The van der Waals surface area contributed by atoms with Gasteiger partial charge in [0.2, 0.25) is 0 Å². The molecular formula is C16H17NO2. The molecule has 2 N–H and O–H groups in total. The summed E-state index contributed by atoms with van der Waals surface area (Å²) in [5, 5.41) is 9.01. The third-order valence-corrected chi connectivity index (χ3v) is 3.97. The second kappa shape index (κ2) is 4.92. The van der Waals surface area contributed by atoms with E-state index in [1.165, 1.54) is 11.1 Å². The van der Waals surface area contributed by atoms with Crippen molar-refractivity contribution in [1.82, 2.24) is 4.98 Å². The summed E-state index contributed by atoms with van der Waals surface area (Å²) in [5.74, 6) is -0.365. The zero-order valence-electron chi connectivity index (χ0n) is 10.7. The van der Waals surface area contributed by atoms with E-state index in [0.717, 1.165) is 31.4 Å². The van der Waals surface area contributed by atoms with Crippen LogP contribution in [0.2, 0.25) is 0 Å². The molecule has 98 valence electrons. The molecular weight excluding hydrogens is 238 g/mol. The molecule has 0 saturated carbocycles. The van der Waals surface area contributed by atoms with Crippen molar-refractivity contribution >= 4 is 5.97 Å². The number of aryl methyl sites for hydroxylation is 2. The predicted molar refractivity (Wildman–Crippen MR) is 73.6 cm³/mol. The van der Waals surface area contributed by atoms with Crippen LogP contribution in [0.5, 0.6) is 0 Å². The topological polar surface area (TPSA) is 53.1 Å². The maximum Gasteiger partial charge on any atom is 0.352 e. The number of carboxylic acids is 1. The Morgan fingerprint density at radius 3 is 2.84 bits per heavy atom. The lowest BCUT2D eigenvalue weighted by Crippen LogP contribution is -1.98. The van der Waals surface area contributed by atoms with Gasteiger partial charge in [-0.2, -0.15) is 0 Å². The predicted octanol–water partition coefficient (Wildman–Crippen LogP) is 3.38. The van der Waals surface area contributed by atoms with Gasteiger partial charge >= 0.3 is 5.97 Å². The van der Waals surface area contributed by atoms with Gasteiger partial charge in [-0.15, -0.1) is 0 Å². The number of aromatic carboxylic acids is 1. The highest BCUT2D eigenvalue weighted by Gasteiger charge is 2.25. The van der Waals surface area contributed by atoms with E-state index in [1.807, 2.05) is 12.1 Å². The molecule has 0 aliphatic heterocycles. The summed E-state index contributed by atoms with van der Waals surface area (Å²) in [6, 6.07) is 12.3. The van der Waals surface area contributed by atoms with E-state index in [4.69, 9.17) is 5.11 Å². The number of aromatic nitrogens is 1. The molecule has 1 heterocycles. The molecule has 1 aromatic heterocycles. The van der Waals surface area contributed by atoms with Gasteiger partial charge in [0.25, 0.3) is 0 Å². The molecule has 0 fully saturated rings. The lowest BCUT2D eigenvalue weighted by molar-refractivity contribution is 0.0691. The van der Waals surface area contributed by atoms with Crippen molar-refractivity contribution in [3.63, 3.8) is 0 Å². The molecule has 2 aromatic rings. The van der Waals surface area contributed by atoms with Crippen LogP contribution in [0.1, 0.15) is 46.1 Å². The third kappa shape index (κ3) is 2.41. The molecule has 3 nitrogen and oxygen atoms in total. The van der Waals surface area contributed by atoms with Gasteiger partial charge in [-0.05, 0) is 48.8 Å². The van der Waals surface area contributed by atoms with Crippen molar-refractivity contribution in [2.75, 3.05) is 0 Å². The summed E-state index contributed by atoms with van der Waals surface area (Å²) in [4.78, 5) is 14.0. The fourth-order valence-electron chi connectivity index (χ4n) is 2.96. The first-order valence-electron chi connectivity index (χ1n) is 6.73. The van der Waals surface area contributed by atoms with E-state index < -0.39 is 5.97 Å². The minimum absolute atomic E-state index is 0.328. The Balaban J connectivity index is 1.70. The number of aromatic amines is 1. The molecule has 3 heteroatoms. The number of carboxylic acid groups (broad SMARTS) is 1. The maximum atomic E-state index is 11.0. The molecule has 0 spiro atoms. The van der Waals surface area contributed by atoms with Crippen LogP contribution in [0, 0.1) is 0 Å². The zero-order valence-corrected chi connectivity index (χ0v) is 10.7. The maximum absolute atomic E-state index is 11.0. The van der Waals surface area contributed by atoms with Crippen molar-refractivity contribution in [3.8, 4) is 0 Å². The lowest BCUT2D eigenvalue weighted by Gasteiger charge is -2.09. The first-order valence-corrected chi connectivity index (χ1v) is 6.73. The number of hydrogen-bond donors (Lipinski definition) is 2. The van der Waals surface area contributed by atoms with Crippen molar-refractivity contribution in [2.24, 2.45) is 0 Å². The van der Waals surface area contributed by atoms with Gasteiger partial charge in [0.1, 0.15) is 5.69 Å². The molecule has 1 aliphatic carbocycles. The Hall–Kier alpha value is -2.03. The summed E-state index contributed by atoms with van der Waals surface area (Å²) in [7, 11) is 0. The second-order valence-electron chi connectivity index (χ2n) is 5.18. The zero-order chi connectivity index (χ0) is 13.2. The van der Waals surface area contributed by atoms with Crippen LogP contribution in [-0.2, 0) is 12.8 Å². The van der Waals surface area contributed by atoms with E-state index in [9.17, 15) is 4.79 Å². The number of fused-ring (bicyclic) bond motifs is 1. The van der Waals surface area contributed by atoms with Crippen LogP contribution in [0.3, 0.4) is 0 Å². The standard InChI is InChI=1S/C16H17NO2/c18-16(19)15-10-13-12(8-9-14(13)17-15)7-6-11-4-2-1-3-5-11/h1-5,10,12,17H,6-9H2,(H,18,19). The minimum atomic E-state index is -0.865.